The van der Waals surface area contributed by atoms with E-state index in [-0.39, 0.29) is 35.8 Å². The Kier molecular flexibility index (Phi) is 10.0. The molecule has 2 heterocycles. The van der Waals surface area contributed by atoms with Gasteiger partial charge in [-0.05, 0) is 30.4 Å². The molecule has 0 bridgehead atoms. The zero-order valence-electron chi connectivity index (χ0n) is 21.8. The molecule has 200 valence electrons. The first kappa shape index (κ1) is 27.7. The number of esters is 1. The van der Waals surface area contributed by atoms with Gasteiger partial charge in [-0.25, -0.2) is 4.79 Å². The maximum atomic E-state index is 12.8. The quantitative estimate of drug-likeness (QED) is 0.248. The first-order valence-corrected chi connectivity index (χ1v) is 12.7. The number of methoxy groups -OCH3 is 1. The lowest BCUT2D eigenvalue weighted by Crippen LogP contribution is -2.32. The molecular formula is C26H36N6O5. The predicted octanol–water partition coefficient (Wildman–Crippen LogP) is 2.82. The monoisotopic (exact) mass is 512 g/mol. The number of carbonyl (C=O) groups is 2. The van der Waals surface area contributed by atoms with Crippen LogP contribution in [0.15, 0.2) is 29.1 Å². The van der Waals surface area contributed by atoms with E-state index < -0.39 is 0 Å². The molecular weight excluding hydrogens is 476 g/mol. The second kappa shape index (κ2) is 13.4. The van der Waals surface area contributed by atoms with E-state index in [1.165, 1.54) is 11.7 Å². The number of benzene rings is 1. The number of anilines is 1. The molecule has 11 heteroatoms. The number of aromatic amines is 1. The summed E-state index contributed by atoms with van der Waals surface area (Å²) in [6.45, 7) is 5.73. The zero-order chi connectivity index (χ0) is 26.8. The number of carbonyl (C=O) groups excluding carboxylic acids is 2. The number of unbranched alkanes of at least 4 members (excludes halogenated alkanes) is 1. The molecule has 0 saturated heterocycles. The summed E-state index contributed by atoms with van der Waals surface area (Å²) >= 11 is 0. The van der Waals surface area contributed by atoms with Gasteiger partial charge in [-0.1, -0.05) is 44.5 Å². The highest BCUT2D eigenvalue weighted by molar-refractivity contribution is 5.81. The van der Waals surface area contributed by atoms with E-state index in [0.29, 0.717) is 50.2 Å². The van der Waals surface area contributed by atoms with E-state index >= 15 is 0 Å². The Hall–Kier alpha value is -3.89. The van der Waals surface area contributed by atoms with Gasteiger partial charge in [0, 0.05) is 26.1 Å². The third-order valence-electron chi connectivity index (χ3n) is 5.96. The van der Waals surface area contributed by atoms with Crippen molar-refractivity contribution in [2.45, 2.75) is 65.5 Å². The van der Waals surface area contributed by atoms with Crippen molar-refractivity contribution in [1.82, 2.24) is 24.4 Å². The van der Waals surface area contributed by atoms with E-state index in [1.54, 1.807) is 4.90 Å². The maximum absolute atomic E-state index is 12.8. The van der Waals surface area contributed by atoms with Crippen LogP contribution < -0.4 is 16.2 Å². The summed E-state index contributed by atoms with van der Waals surface area (Å²) in [5.41, 5.74) is 8.25. The number of aryl methyl sites for hydroxylation is 1. The Labute approximate surface area is 216 Å². The molecule has 0 atom stereocenters. The van der Waals surface area contributed by atoms with Gasteiger partial charge in [0.1, 0.15) is 5.52 Å². The maximum Gasteiger partial charge on any atom is 0.327 e. The topological polar surface area (TPSA) is 145 Å². The Morgan fingerprint density at radius 2 is 1.81 bits per heavy atom. The van der Waals surface area contributed by atoms with Crippen LogP contribution in [-0.4, -0.2) is 56.6 Å². The number of nitrogens with zero attached hydrogens (tertiary/aromatic N) is 4. The number of nitrogen functional groups attached to an aromatic ring is 1. The van der Waals surface area contributed by atoms with Crippen molar-refractivity contribution in [3.05, 3.63) is 45.9 Å². The number of nitrogens with two attached hydrogens (primary N) is 1. The van der Waals surface area contributed by atoms with Crippen LogP contribution >= 0.6 is 0 Å². The first-order chi connectivity index (χ1) is 17.9. The van der Waals surface area contributed by atoms with Crippen molar-refractivity contribution in [1.29, 1.82) is 0 Å². The van der Waals surface area contributed by atoms with Gasteiger partial charge in [-0.15, -0.1) is 0 Å². The highest BCUT2D eigenvalue weighted by Gasteiger charge is 2.17. The van der Waals surface area contributed by atoms with Gasteiger partial charge in [0.25, 0.3) is 0 Å². The minimum absolute atomic E-state index is 0.0468. The first-order valence-electron chi connectivity index (χ1n) is 12.7. The average molecular weight is 513 g/mol. The summed E-state index contributed by atoms with van der Waals surface area (Å²) in [6.07, 6.45) is 3.75. The fourth-order valence-corrected chi connectivity index (χ4v) is 3.92. The van der Waals surface area contributed by atoms with E-state index in [9.17, 15) is 14.4 Å². The summed E-state index contributed by atoms with van der Waals surface area (Å²) in [4.78, 5) is 50.0. The lowest BCUT2D eigenvalue weighted by Gasteiger charge is -2.23. The number of ether oxygens (including phenoxy) is 2. The number of amides is 1. The number of H-pyrrole nitrogens is 1. The van der Waals surface area contributed by atoms with E-state index in [0.717, 1.165) is 30.4 Å². The van der Waals surface area contributed by atoms with Crippen molar-refractivity contribution < 1.29 is 19.1 Å². The van der Waals surface area contributed by atoms with E-state index in [1.807, 2.05) is 31.2 Å². The SMILES string of the molecule is CCCCOc1nc(N)c2[nH]c(=O)n(CCCN(Cc3ccc(CC(=O)OC)cc3)C(=O)CCC)c2n1. The molecule has 3 rings (SSSR count). The van der Waals surface area contributed by atoms with Gasteiger partial charge in [0.05, 0.1) is 20.1 Å². The Morgan fingerprint density at radius 3 is 2.49 bits per heavy atom. The molecule has 0 fully saturated rings. The minimum Gasteiger partial charge on any atom is -0.469 e. The number of hydrogen-bond donors (Lipinski definition) is 2. The fourth-order valence-electron chi connectivity index (χ4n) is 3.92. The Morgan fingerprint density at radius 1 is 1.08 bits per heavy atom. The van der Waals surface area contributed by atoms with Gasteiger partial charge < -0.3 is 25.1 Å². The Bertz CT molecular complexity index is 1250. The van der Waals surface area contributed by atoms with Gasteiger partial charge >= 0.3 is 17.7 Å². The van der Waals surface area contributed by atoms with Crippen molar-refractivity contribution in [3.8, 4) is 6.01 Å². The number of imidazole rings is 1. The van der Waals surface area contributed by atoms with Gasteiger partial charge in [-0.2, -0.15) is 9.97 Å². The third-order valence-corrected chi connectivity index (χ3v) is 5.96. The molecule has 0 aliphatic carbocycles. The molecule has 0 aliphatic rings. The lowest BCUT2D eigenvalue weighted by atomic mass is 10.1. The van der Waals surface area contributed by atoms with Crippen LogP contribution in [0.25, 0.3) is 11.2 Å². The second-order valence-electron chi connectivity index (χ2n) is 8.86. The van der Waals surface area contributed by atoms with Crippen molar-refractivity contribution in [2.75, 3.05) is 26.0 Å². The molecule has 37 heavy (non-hydrogen) atoms. The lowest BCUT2D eigenvalue weighted by molar-refractivity contribution is -0.139. The molecule has 11 nitrogen and oxygen atoms in total. The van der Waals surface area contributed by atoms with Crippen molar-refractivity contribution in [3.63, 3.8) is 0 Å². The van der Waals surface area contributed by atoms with Crippen LogP contribution in [0.3, 0.4) is 0 Å². The van der Waals surface area contributed by atoms with Gasteiger partial charge in [0.2, 0.25) is 5.91 Å². The normalized spacial score (nSPS) is 11.0. The summed E-state index contributed by atoms with van der Waals surface area (Å²) in [5.74, 6) is -0.0972. The second-order valence-corrected chi connectivity index (χ2v) is 8.86. The van der Waals surface area contributed by atoms with Gasteiger partial charge in [0.15, 0.2) is 11.5 Å². The van der Waals surface area contributed by atoms with Crippen LogP contribution in [-0.2, 0) is 33.8 Å². The highest BCUT2D eigenvalue weighted by atomic mass is 16.5. The average Bonchev–Trinajstić information content (AvgIpc) is 3.20. The minimum atomic E-state index is -0.339. The van der Waals surface area contributed by atoms with Crippen LogP contribution in [0, 0.1) is 0 Å². The largest absolute Gasteiger partial charge is 0.469 e. The highest BCUT2D eigenvalue weighted by Crippen LogP contribution is 2.18. The molecule has 0 saturated carbocycles. The number of hydrogen-bond acceptors (Lipinski definition) is 8. The summed E-state index contributed by atoms with van der Waals surface area (Å²) in [5, 5.41) is 0. The molecule has 2 aromatic heterocycles. The molecule has 1 aromatic carbocycles. The Balaban J connectivity index is 1.70. The van der Waals surface area contributed by atoms with Crippen LogP contribution in [0.1, 0.15) is 57.1 Å². The van der Waals surface area contributed by atoms with Gasteiger partial charge in [-0.3, -0.25) is 14.2 Å². The molecule has 0 unspecified atom stereocenters. The summed E-state index contributed by atoms with van der Waals surface area (Å²) in [7, 11) is 1.36. The standard InChI is InChI=1S/C26H36N6O5/c1-4-6-15-37-25-29-23(27)22-24(30-25)32(26(35)28-22)14-7-13-31(20(33)8-5-2)17-19-11-9-18(10-12-19)16-21(34)36-3/h9-12H,4-8,13-17H2,1-3H3,(H,28,35)(H2,27,29,30). The van der Waals surface area contributed by atoms with E-state index in [2.05, 4.69) is 21.9 Å². The van der Waals surface area contributed by atoms with Crippen LogP contribution in [0.4, 0.5) is 5.82 Å². The summed E-state index contributed by atoms with van der Waals surface area (Å²) < 4.78 is 11.8. The number of fused-ring (bicyclic) bond motifs is 1. The summed E-state index contributed by atoms with van der Waals surface area (Å²) in [6, 6.07) is 7.69. The smallest absolute Gasteiger partial charge is 0.327 e. The molecule has 3 aromatic rings. The number of rotatable bonds is 14. The molecule has 0 spiro atoms. The van der Waals surface area contributed by atoms with Crippen molar-refractivity contribution in [2.24, 2.45) is 0 Å². The third kappa shape index (κ3) is 7.55. The predicted molar refractivity (Wildman–Crippen MR) is 140 cm³/mol. The molecule has 3 N–H and O–H groups in total. The zero-order valence-corrected chi connectivity index (χ0v) is 21.8. The van der Waals surface area contributed by atoms with Crippen molar-refractivity contribution >= 4 is 28.9 Å². The molecule has 1 amide bonds. The van der Waals surface area contributed by atoms with Crippen LogP contribution in [0.2, 0.25) is 0 Å². The number of nitrogens with one attached hydrogen (secondary N) is 1. The fraction of sp³-hybridized carbons (Fsp3) is 0.500. The van der Waals surface area contributed by atoms with E-state index in [4.69, 9.17) is 15.2 Å². The number of aromatic nitrogens is 4. The molecule has 0 radical (unpaired) electrons. The van der Waals surface area contributed by atoms with Crippen LogP contribution in [0.5, 0.6) is 6.01 Å². The molecule has 0 aliphatic heterocycles.